The molecular formula is C19H21F3N2O4S. The molecule has 0 radical (unpaired) electrons. The minimum absolute atomic E-state index is 0.0960. The van der Waals surface area contributed by atoms with Crippen LogP contribution in [-0.4, -0.2) is 33.7 Å². The van der Waals surface area contributed by atoms with Crippen molar-refractivity contribution < 1.29 is 31.1 Å². The quantitative estimate of drug-likeness (QED) is 0.756. The lowest BCUT2D eigenvalue weighted by atomic mass is 10.1. The number of carbonyl (C=O) groups is 1. The fraction of sp³-hybridized carbons (Fsp3) is 0.316. The van der Waals surface area contributed by atoms with Crippen LogP contribution in [0.2, 0.25) is 0 Å². The van der Waals surface area contributed by atoms with E-state index in [-0.39, 0.29) is 17.1 Å². The molecule has 0 saturated heterocycles. The van der Waals surface area contributed by atoms with Gasteiger partial charge in [0.25, 0.3) is 0 Å². The predicted molar refractivity (Wildman–Crippen MR) is 105 cm³/mol. The number of methoxy groups -OCH3 is 1. The van der Waals surface area contributed by atoms with Crippen LogP contribution >= 0.6 is 0 Å². The van der Waals surface area contributed by atoms with Crippen molar-refractivity contribution in [2.45, 2.75) is 26.1 Å². The summed E-state index contributed by atoms with van der Waals surface area (Å²) >= 11 is 0. The average Bonchev–Trinajstić information content (AvgIpc) is 2.60. The first-order chi connectivity index (χ1) is 13.3. The van der Waals surface area contributed by atoms with Crippen molar-refractivity contribution in [1.29, 1.82) is 0 Å². The van der Waals surface area contributed by atoms with Gasteiger partial charge >= 0.3 is 6.18 Å². The maximum atomic E-state index is 12.9. The molecule has 1 amide bonds. The average molecular weight is 430 g/mol. The molecule has 0 aliphatic carbocycles. The van der Waals surface area contributed by atoms with Crippen molar-refractivity contribution in [1.82, 2.24) is 0 Å². The summed E-state index contributed by atoms with van der Waals surface area (Å²) in [4.78, 5) is 12.7. The number of nitrogens with zero attached hydrogens (tertiary/aromatic N) is 1. The van der Waals surface area contributed by atoms with E-state index in [1.165, 1.54) is 20.1 Å². The summed E-state index contributed by atoms with van der Waals surface area (Å²) < 4.78 is 69.6. The van der Waals surface area contributed by atoms with Crippen molar-refractivity contribution >= 4 is 27.3 Å². The summed E-state index contributed by atoms with van der Waals surface area (Å²) in [6.45, 7) is 3.09. The van der Waals surface area contributed by atoms with Crippen LogP contribution in [0.3, 0.4) is 0 Å². The molecule has 0 aromatic heterocycles. The summed E-state index contributed by atoms with van der Waals surface area (Å²) in [5, 5.41) is 2.34. The van der Waals surface area contributed by atoms with E-state index >= 15 is 0 Å². The van der Waals surface area contributed by atoms with Crippen molar-refractivity contribution in [3.8, 4) is 5.75 Å². The van der Waals surface area contributed by atoms with Gasteiger partial charge in [0.2, 0.25) is 15.9 Å². The minimum Gasteiger partial charge on any atom is -0.495 e. The van der Waals surface area contributed by atoms with E-state index in [0.29, 0.717) is 0 Å². The summed E-state index contributed by atoms with van der Waals surface area (Å²) in [6, 6.07) is 7.68. The predicted octanol–water partition coefficient (Wildman–Crippen LogP) is 3.82. The molecule has 6 nitrogen and oxygen atoms in total. The van der Waals surface area contributed by atoms with Crippen LogP contribution in [0.4, 0.5) is 24.5 Å². The fourth-order valence-corrected chi connectivity index (χ4v) is 3.94. The molecule has 2 aromatic rings. The highest BCUT2D eigenvalue weighted by Gasteiger charge is 2.33. The molecule has 29 heavy (non-hydrogen) atoms. The van der Waals surface area contributed by atoms with Crippen LogP contribution in [0.25, 0.3) is 0 Å². The van der Waals surface area contributed by atoms with Gasteiger partial charge in [-0.25, -0.2) is 8.42 Å². The van der Waals surface area contributed by atoms with Gasteiger partial charge in [-0.2, -0.15) is 13.2 Å². The van der Waals surface area contributed by atoms with Gasteiger partial charge in [-0.3, -0.25) is 9.10 Å². The van der Waals surface area contributed by atoms with Crippen LogP contribution in [0.1, 0.15) is 18.1 Å². The maximum absolute atomic E-state index is 12.9. The first kappa shape index (κ1) is 22.5. The molecule has 0 saturated carbocycles. The zero-order valence-corrected chi connectivity index (χ0v) is 17.1. The molecule has 1 N–H and O–H groups in total. The van der Waals surface area contributed by atoms with Gasteiger partial charge in [0.05, 0.1) is 24.6 Å². The Morgan fingerprint density at radius 1 is 1.17 bits per heavy atom. The van der Waals surface area contributed by atoms with Gasteiger partial charge in [-0.15, -0.1) is 0 Å². The molecular weight excluding hydrogens is 409 g/mol. The van der Waals surface area contributed by atoms with Gasteiger partial charge in [-0.1, -0.05) is 12.1 Å². The zero-order chi connectivity index (χ0) is 22.0. The van der Waals surface area contributed by atoms with Gasteiger partial charge in [-0.05, 0) is 49.7 Å². The lowest BCUT2D eigenvalue weighted by Crippen LogP contribution is -2.45. The Kier molecular flexibility index (Phi) is 6.46. The van der Waals surface area contributed by atoms with E-state index in [4.69, 9.17) is 4.74 Å². The summed E-state index contributed by atoms with van der Waals surface area (Å²) in [5.41, 5.74) is -0.133. The summed E-state index contributed by atoms with van der Waals surface area (Å²) in [5.74, 6) is -0.557. The number of amides is 1. The van der Waals surface area contributed by atoms with Crippen LogP contribution in [0.15, 0.2) is 42.5 Å². The molecule has 0 aliphatic rings. The van der Waals surface area contributed by atoms with Gasteiger partial charge in [0, 0.05) is 5.69 Å². The standard InChI is InChI=1S/C19H21F3N2O4S/c1-12-8-9-17(28-3)16(10-12)24(29(4,26)27)13(2)18(25)23-15-7-5-6-14(11-15)19(20,21)22/h5-11,13H,1-4H3,(H,23,25)/t13-/m0/s1. The number of nitrogens with one attached hydrogen (secondary N) is 1. The Labute approximate surface area is 167 Å². The second-order valence-corrected chi connectivity index (χ2v) is 8.34. The monoisotopic (exact) mass is 430 g/mol. The lowest BCUT2D eigenvalue weighted by Gasteiger charge is -2.29. The Morgan fingerprint density at radius 2 is 1.83 bits per heavy atom. The molecule has 0 bridgehead atoms. The Morgan fingerprint density at radius 3 is 2.38 bits per heavy atom. The molecule has 2 rings (SSSR count). The van der Waals surface area contributed by atoms with E-state index in [2.05, 4.69) is 5.32 Å². The summed E-state index contributed by atoms with van der Waals surface area (Å²) in [6.07, 6.45) is -3.64. The smallest absolute Gasteiger partial charge is 0.416 e. The first-order valence-electron chi connectivity index (χ1n) is 8.46. The van der Waals surface area contributed by atoms with E-state index in [1.54, 1.807) is 25.1 Å². The number of halogens is 3. The molecule has 1 atom stereocenters. The number of ether oxygens (including phenoxy) is 1. The molecule has 0 fully saturated rings. The molecule has 0 unspecified atom stereocenters. The highest BCUT2D eigenvalue weighted by atomic mass is 32.2. The number of hydrogen-bond donors (Lipinski definition) is 1. The molecule has 158 valence electrons. The summed E-state index contributed by atoms with van der Waals surface area (Å²) in [7, 11) is -2.56. The van der Waals surface area contributed by atoms with Crippen molar-refractivity contribution in [2.75, 3.05) is 23.0 Å². The number of benzene rings is 2. The van der Waals surface area contributed by atoms with E-state index in [0.717, 1.165) is 34.3 Å². The third kappa shape index (κ3) is 5.41. The molecule has 0 aliphatic heterocycles. The van der Waals surface area contributed by atoms with Crippen LogP contribution < -0.4 is 14.4 Å². The minimum atomic E-state index is -4.57. The third-order valence-corrected chi connectivity index (χ3v) is 5.35. The lowest BCUT2D eigenvalue weighted by molar-refractivity contribution is -0.137. The van der Waals surface area contributed by atoms with Gasteiger partial charge in [0.1, 0.15) is 11.8 Å². The number of anilines is 2. The van der Waals surface area contributed by atoms with Crippen molar-refractivity contribution in [2.24, 2.45) is 0 Å². The molecule has 10 heteroatoms. The van der Waals surface area contributed by atoms with E-state index in [1.807, 2.05) is 0 Å². The third-order valence-electron chi connectivity index (χ3n) is 4.12. The van der Waals surface area contributed by atoms with Crippen LogP contribution in [0.5, 0.6) is 5.75 Å². The highest BCUT2D eigenvalue weighted by molar-refractivity contribution is 7.92. The second-order valence-electron chi connectivity index (χ2n) is 6.48. The van der Waals surface area contributed by atoms with Crippen LogP contribution in [-0.2, 0) is 21.0 Å². The SMILES string of the molecule is COc1ccc(C)cc1N([C@@H](C)C(=O)Nc1cccc(C(F)(F)F)c1)S(C)(=O)=O. The Hall–Kier alpha value is -2.75. The van der Waals surface area contributed by atoms with Crippen molar-refractivity contribution in [3.05, 3.63) is 53.6 Å². The number of hydrogen-bond acceptors (Lipinski definition) is 4. The number of sulfonamides is 1. The van der Waals surface area contributed by atoms with E-state index < -0.39 is 33.7 Å². The topological polar surface area (TPSA) is 75.7 Å². The maximum Gasteiger partial charge on any atom is 0.416 e. The number of alkyl halides is 3. The van der Waals surface area contributed by atoms with E-state index in [9.17, 15) is 26.4 Å². The number of aryl methyl sites for hydroxylation is 1. The normalized spacial score (nSPS) is 12.9. The molecule has 0 spiro atoms. The van der Waals surface area contributed by atoms with Gasteiger partial charge in [0.15, 0.2) is 0 Å². The first-order valence-corrected chi connectivity index (χ1v) is 10.3. The molecule has 0 heterocycles. The highest BCUT2D eigenvalue weighted by Crippen LogP contribution is 2.33. The number of rotatable bonds is 6. The Bertz CT molecular complexity index is 1010. The zero-order valence-electron chi connectivity index (χ0n) is 16.2. The fourth-order valence-electron chi connectivity index (χ4n) is 2.77. The second kappa shape index (κ2) is 8.32. The van der Waals surface area contributed by atoms with Crippen LogP contribution in [0, 0.1) is 6.92 Å². The van der Waals surface area contributed by atoms with Crippen molar-refractivity contribution in [3.63, 3.8) is 0 Å². The largest absolute Gasteiger partial charge is 0.495 e. The number of carbonyl (C=O) groups excluding carboxylic acids is 1. The van der Waals surface area contributed by atoms with Gasteiger partial charge < -0.3 is 10.1 Å². The Balaban J connectivity index is 2.40. The molecule has 2 aromatic carbocycles.